The third-order valence-electron chi connectivity index (χ3n) is 5.16. The zero-order chi connectivity index (χ0) is 20.0. The van der Waals surface area contributed by atoms with Gasteiger partial charge in [-0.15, -0.1) is 0 Å². The van der Waals surface area contributed by atoms with Crippen LogP contribution in [0, 0.1) is 0 Å². The van der Waals surface area contributed by atoms with Gasteiger partial charge in [0.1, 0.15) is 0 Å². The molecule has 0 radical (unpaired) electrons. The Morgan fingerprint density at radius 2 is 1.00 bits per heavy atom. The van der Waals surface area contributed by atoms with Crippen molar-refractivity contribution in [2.75, 3.05) is 13.7 Å². The summed E-state index contributed by atoms with van der Waals surface area (Å²) < 4.78 is 22.1. The number of methoxy groups -OCH3 is 1. The van der Waals surface area contributed by atoms with Crippen molar-refractivity contribution in [1.82, 2.24) is 0 Å². The first-order chi connectivity index (χ1) is 13.6. The van der Waals surface area contributed by atoms with Crippen LogP contribution in [0.25, 0.3) is 0 Å². The Bertz CT molecular complexity index is 822. The summed E-state index contributed by atoms with van der Waals surface area (Å²) in [5, 5.41) is 0. The topological polar surface area (TPSA) is 9.23 Å². The molecule has 0 aliphatic heterocycles. The van der Waals surface area contributed by atoms with Crippen LogP contribution >= 0.6 is 10.4 Å². The Hall–Kier alpha value is -2.10. The highest BCUT2D eigenvalue weighted by Gasteiger charge is 2.31. The minimum atomic E-state index is -2.79. The summed E-state index contributed by atoms with van der Waals surface area (Å²) in [5.74, 6) is 0. The van der Waals surface area contributed by atoms with Gasteiger partial charge in [0.15, 0.2) is 0 Å². The molecule has 0 aliphatic carbocycles. The van der Waals surface area contributed by atoms with E-state index in [1.165, 1.54) is 11.1 Å². The van der Waals surface area contributed by atoms with E-state index < -0.39 is 10.4 Å². The fourth-order valence-electron chi connectivity index (χ4n) is 3.30. The third-order valence-corrected chi connectivity index (χ3v) is 7.92. The molecule has 3 rings (SSSR count). The molecule has 0 fully saturated rings. The van der Waals surface area contributed by atoms with E-state index in [1.54, 1.807) is 7.11 Å². The number of aryl methyl sites for hydroxylation is 2. The predicted octanol–water partition coefficient (Wildman–Crippen LogP) is 7.17. The van der Waals surface area contributed by atoms with E-state index in [1.807, 2.05) is 72.8 Å². The predicted molar refractivity (Wildman–Crippen MR) is 117 cm³/mol. The van der Waals surface area contributed by atoms with E-state index >= 15 is 3.89 Å². The SMILES string of the molecule is CCc1ccc(S(F)(c2ccc(CC)cc2)c2ccc(CCOC)cc2)cc1. The van der Waals surface area contributed by atoms with Crippen molar-refractivity contribution in [2.45, 2.75) is 47.8 Å². The van der Waals surface area contributed by atoms with E-state index in [9.17, 15) is 0 Å². The molecule has 0 aliphatic rings. The van der Waals surface area contributed by atoms with Crippen LogP contribution < -0.4 is 0 Å². The Kier molecular flexibility index (Phi) is 6.93. The lowest BCUT2D eigenvalue weighted by molar-refractivity contribution is 0.202. The van der Waals surface area contributed by atoms with Gasteiger partial charge in [-0.05, 0) is 82.8 Å². The van der Waals surface area contributed by atoms with Gasteiger partial charge in [0.05, 0.1) is 6.61 Å². The van der Waals surface area contributed by atoms with Crippen molar-refractivity contribution >= 4 is 10.4 Å². The van der Waals surface area contributed by atoms with Crippen LogP contribution in [-0.2, 0) is 24.0 Å². The molecule has 0 spiro atoms. The molecule has 0 aromatic heterocycles. The van der Waals surface area contributed by atoms with Crippen molar-refractivity contribution in [2.24, 2.45) is 0 Å². The molecule has 0 saturated carbocycles. The average Bonchev–Trinajstić information content (AvgIpc) is 2.77. The number of ether oxygens (including phenoxy) is 1. The smallest absolute Gasteiger partial charge is 0.0502 e. The first-order valence-electron chi connectivity index (χ1n) is 9.90. The Morgan fingerprint density at radius 3 is 1.32 bits per heavy atom. The van der Waals surface area contributed by atoms with E-state index in [2.05, 4.69) is 13.8 Å². The van der Waals surface area contributed by atoms with Gasteiger partial charge in [-0.2, -0.15) is 3.89 Å². The van der Waals surface area contributed by atoms with Crippen LogP contribution in [0.15, 0.2) is 87.5 Å². The molecule has 0 heterocycles. The van der Waals surface area contributed by atoms with Gasteiger partial charge < -0.3 is 4.74 Å². The minimum Gasteiger partial charge on any atom is -0.384 e. The molecule has 1 nitrogen and oxygen atoms in total. The molecule has 148 valence electrons. The standard InChI is InChI=1S/C25H29FOS/c1-4-20-6-12-23(13-7-20)28(26,24-14-8-21(5-2)9-15-24)25-16-10-22(11-17-25)18-19-27-3/h6-17H,4-5,18-19H2,1-3H3. The van der Waals surface area contributed by atoms with E-state index in [-0.39, 0.29) is 0 Å². The largest absolute Gasteiger partial charge is 0.384 e. The van der Waals surface area contributed by atoms with Crippen LogP contribution in [0.3, 0.4) is 0 Å². The maximum Gasteiger partial charge on any atom is 0.0502 e. The Balaban J connectivity index is 2.07. The van der Waals surface area contributed by atoms with E-state index in [0.29, 0.717) is 6.61 Å². The zero-order valence-electron chi connectivity index (χ0n) is 17.0. The van der Waals surface area contributed by atoms with Crippen LogP contribution in [0.4, 0.5) is 3.89 Å². The molecule has 0 bridgehead atoms. The first kappa shape index (κ1) is 20.6. The summed E-state index contributed by atoms with van der Waals surface area (Å²) >= 11 is 0. The lowest BCUT2D eigenvalue weighted by Gasteiger charge is -2.32. The summed E-state index contributed by atoms with van der Waals surface area (Å²) in [4.78, 5) is 2.24. The molecule has 0 amide bonds. The lowest BCUT2D eigenvalue weighted by atomic mass is 10.2. The normalized spacial score (nSPS) is 12.1. The summed E-state index contributed by atoms with van der Waals surface area (Å²) in [7, 11) is -1.09. The molecule has 0 unspecified atom stereocenters. The van der Waals surface area contributed by atoms with Crippen molar-refractivity contribution in [1.29, 1.82) is 0 Å². The highest BCUT2D eigenvalue weighted by atomic mass is 32.3. The number of halogens is 1. The third kappa shape index (κ3) is 4.31. The second-order valence-electron chi connectivity index (χ2n) is 6.92. The van der Waals surface area contributed by atoms with Crippen molar-refractivity contribution in [3.8, 4) is 0 Å². The van der Waals surface area contributed by atoms with Crippen LogP contribution in [0.1, 0.15) is 30.5 Å². The molecule has 3 heteroatoms. The Labute approximate surface area is 170 Å². The molecule has 28 heavy (non-hydrogen) atoms. The molecule has 3 aromatic carbocycles. The highest BCUT2D eigenvalue weighted by molar-refractivity contribution is 8.29. The molecular weight excluding hydrogens is 367 g/mol. The highest BCUT2D eigenvalue weighted by Crippen LogP contribution is 2.69. The second kappa shape index (κ2) is 9.40. The van der Waals surface area contributed by atoms with Gasteiger partial charge in [0.25, 0.3) is 0 Å². The summed E-state index contributed by atoms with van der Waals surface area (Å²) in [6, 6.07) is 24.0. The second-order valence-corrected chi connectivity index (χ2v) is 9.41. The van der Waals surface area contributed by atoms with Gasteiger partial charge in [-0.3, -0.25) is 0 Å². The van der Waals surface area contributed by atoms with Gasteiger partial charge >= 0.3 is 0 Å². The van der Waals surface area contributed by atoms with Crippen LogP contribution in [0.5, 0.6) is 0 Å². The van der Waals surface area contributed by atoms with Crippen molar-refractivity contribution in [3.05, 3.63) is 89.5 Å². The number of hydrogen-bond donors (Lipinski definition) is 0. The molecule has 3 aromatic rings. The molecule has 0 saturated heterocycles. The summed E-state index contributed by atoms with van der Waals surface area (Å²) in [5.41, 5.74) is 3.61. The van der Waals surface area contributed by atoms with Gasteiger partial charge in [0, 0.05) is 21.8 Å². The fourth-order valence-corrected chi connectivity index (χ4v) is 5.65. The maximum atomic E-state index is 16.9. The molecule has 0 N–H and O–H groups in total. The van der Waals surface area contributed by atoms with E-state index in [4.69, 9.17) is 4.74 Å². The zero-order valence-corrected chi connectivity index (χ0v) is 17.8. The number of hydrogen-bond acceptors (Lipinski definition) is 1. The molecular formula is C25H29FOS. The van der Waals surface area contributed by atoms with Gasteiger partial charge in [0.2, 0.25) is 0 Å². The van der Waals surface area contributed by atoms with Crippen LogP contribution in [0.2, 0.25) is 0 Å². The van der Waals surface area contributed by atoms with E-state index in [0.717, 1.165) is 39.5 Å². The minimum absolute atomic E-state index is 0.671. The number of rotatable bonds is 8. The number of benzene rings is 3. The van der Waals surface area contributed by atoms with Crippen molar-refractivity contribution < 1.29 is 8.62 Å². The lowest BCUT2D eigenvalue weighted by Crippen LogP contribution is -2.00. The summed E-state index contributed by atoms with van der Waals surface area (Å²) in [6.07, 6.45) is 2.74. The van der Waals surface area contributed by atoms with Gasteiger partial charge in [-0.1, -0.05) is 50.2 Å². The maximum absolute atomic E-state index is 16.9. The van der Waals surface area contributed by atoms with Crippen LogP contribution in [-0.4, -0.2) is 13.7 Å². The Morgan fingerprint density at radius 1 is 0.643 bits per heavy atom. The monoisotopic (exact) mass is 396 g/mol. The van der Waals surface area contributed by atoms with Crippen molar-refractivity contribution in [3.63, 3.8) is 0 Å². The fraction of sp³-hybridized carbons (Fsp3) is 0.280. The summed E-state index contributed by atoms with van der Waals surface area (Å²) in [6.45, 7) is 4.91. The first-order valence-corrected chi connectivity index (χ1v) is 11.4. The average molecular weight is 397 g/mol. The quantitative estimate of drug-likeness (QED) is 0.392. The van der Waals surface area contributed by atoms with Gasteiger partial charge in [-0.25, -0.2) is 0 Å². The molecule has 0 atom stereocenters.